The minimum Gasteiger partial charge on any atom is -0.460 e. The highest BCUT2D eigenvalue weighted by Gasteiger charge is 2.35. The topological polar surface area (TPSA) is 55.8 Å². The summed E-state index contributed by atoms with van der Waals surface area (Å²) in [6.45, 7) is 5.20. The fraction of sp³-hybridized carbons (Fsp3) is 0.500. The van der Waals surface area contributed by atoms with Crippen molar-refractivity contribution in [1.29, 1.82) is 0 Å². The highest BCUT2D eigenvalue weighted by molar-refractivity contribution is 6.30. The molecule has 5 nitrogen and oxygen atoms in total. The Morgan fingerprint density at radius 3 is 2.64 bits per heavy atom. The minimum absolute atomic E-state index is 0.136. The van der Waals surface area contributed by atoms with Crippen LogP contribution in [0.3, 0.4) is 0 Å². The third-order valence-electron chi connectivity index (χ3n) is 3.52. The van der Waals surface area contributed by atoms with Gasteiger partial charge in [-0.05, 0) is 31.2 Å². The number of carbonyl (C=O) groups is 2. The van der Waals surface area contributed by atoms with Gasteiger partial charge in [-0.1, -0.05) is 30.7 Å². The van der Waals surface area contributed by atoms with Gasteiger partial charge >= 0.3 is 11.9 Å². The number of nitrogens with zero attached hydrogens (tertiary/aromatic N) is 1. The summed E-state index contributed by atoms with van der Waals surface area (Å²) >= 11 is 5.86. The van der Waals surface area contributed by atoms with Crippen molar-refractivity contribution >= 4 is 23.5 Å². The number of ether oxygens (including phenoxy) is 2. The second kappa shape index (κ2) is 7.61. The van der Waals surface area contributed by atoms with Crippen molar-refractivity contribution in [3.05, 3.63) is 34.9 Å². The Labute approximate surface area is 135 Å². The quantitative estimate of drug-likeness (QED) is 0.752. The van der Waals surface area contributed by atoms with Crippen LogP contribution in [0.25, 0.3) is 0 Å². The second-order valence-corrected chi connectivity index (χ2v) is 5.83. The molecule has 1 aliphatic heterocycles. The summed E-state index contributed by atoms with van der Waals surface area (Å²) < 4.78 is 10.2. The molecule has 0 N–H and O–H groups in total. The lowest BCUT2D eigenvalue weighted by Gasteiger charge is -2.20. The average Bonchev–Trinajstić information content (AvgIpc) is 2.78. The van der Waals surface area contributed by atoms with Crippen LogP contribution >= 0.6 is 11.6 Å². The molecule has 0 saturated carbocycles. The van der Waals surface area contributed by atoms with Crippen molar-refractivity contribution in [2.24, 2.45) is 0 Å². The summed E-state index contributed by atoms with van der Waals surface area (Å²) in [5.41, 5.74) is 1.06. The molecule has 0 radical (unpaired) electrons. The van der Waals surface area contributed by atoms with E-state index in [0.717, 1.165) is 5.56 Å². The maximum absolute atomic E-state index is 12.0. The van der Waals surface area contributed by atoms with Crippen molar-refractivity contribution < 1.29 is 19.1 Å². The van der Waals surface area contributed by atoms with Gasteiger partial charge in [0, 0.05) is 18.0 Å². The molecule has 0 aromatic heterocycles. The molecule has 0 aliphatic carbocycles. The van der Waals surface area contributed by atoms with Gasteiger partial charge < -0.3 is 9.47 Å². The summed E-state index contributed by atoms with van der Waals surface area (Å²) in [5, 5.41) is 0.681. The van der Waals surface area contributed by atoms with E-state index in [9.17, 15) is 9.59 Å². The molecule has 2 atom stereocenters. The van der Waals surface area contributed by atoms with Gasteiger partial charge in [-0.15, -0.1) is 0 Å². The first kappa shape index (κ1) is 16.8. The van der Waals surface area contributed by atoms with E-state index in [1.54, 1.807) is 6.92 Å². The largest absolute Gasteiger partial charge is 0.460 e. The fourth-order valence-corrected chi connectivity index (χ4v) is 2.45. The smallest absolute Gasteiger partial charge is 0.347 e. The van der Waals surface area contributed by atoms with Crippen molar-refractivity contribution in [1.82, 2.24) is 4.90 Å². The zero-order valence-corrected chi connectivity index (χ0v) is 13.5. The van der Waals surface area contributed by atoms with Crippen LogP contribution in [0.15, 0.2) is 24.3 Å². The fourth-order valence-electron chi connectivity index (χ4n) is 2.32. The average molecular weight is 326 g/mol. The minimum atomic E-state index is -0.767. The van der Waals surface area contributed by atoms with Crippen LogP contribution in [0.4, 0.5) is 0 Å². The number of carbonyl (C=O) groups excluding carboxylic acids is 2. The molecule has 0 spiro atoms. The molecule has 1 fully saturated rings. The highest BCUT2D eigenvalue weighted by atomic mass is 35.5. The number of benzene rings is 1. The Bertz CT molecular complexity index is 531. The van der Waals surface area contributed by atoms with Crippen molar-refractivity contribution in [2.45, 2.75) is 39.0 Å². The second-order valence-electron chi connectivity index (χ2n) is 5.39. The number of cyclic esters (lactones) is 1. The number of esters is 2. The summed E-state index contributed by atoms with van der Waals surface area (Å²) in [6.07, 6.45) is -0.535. The third kappa shape index (κ3) is 4.71. The van der Waals surface area contributed by atoms with Crippen LogP contribution in [0.2, 0.25) is 5.02 Å². The highest BCUT2D eigenvalue weighted by Crippen LogP contribution is 2.17. The van der Waals surface area contributed by atoms with Crippen LogP contribution in [-0.2, 0) is 25.6 Å². The number of halogens is 1. The molecule has 6 heteroatoms. The van der Waals surface area contributed by atoms with Gasteiger partial charge in [0.1, 0.15) is 6.10 Å². The van der Waals surface area contributed by atoms with E-state index in [4.69, 9.17) is 21.1 Å². The molecule has 1 aromatic rings. The number of likely N-dealkylation sites (N-methyl/N-ethyl adjacent to an activating group) is 1. The molecular formula is C16H20ClNO4. The molecule has 2 rings (SSSR count). The third-order valence-corrected chi connectivity index (χ3v) is 3.77. The number of hydrogen-bond acceptors (Lipinski definition) is 5. The molecule has 1 aromatic carbocycles. The first-order chi connectivity index (χ1) is 10.5. The maximum Gasteiger partial charge on any atom is 0.347 e. The SMILES string of the molecule is CCN(CC(=O)O[C@H]1C[C@@H](C)OC1=O)Cc1ccc(Cl)cc1. The zero-order chi connectivity index (χ0) is 16.1. The van der Waals surface area contributed by atoms with Gasteiger partial charge in [0.15, 0.2) is 0 Å². The van der Waals surface area contributed by atoms with E-state index in [2.05, 4.69) is 0 Å². The van der Waals surface area contributed by atoms with Gasteiger partial charge in [0.05, 0.1) is 6.54 Å². The molecule has 0 bridgehead atoms. The predicted octanol–water partition coefficient (Wildman–Crippen LogP) is 2.41. The first-order valence-electron chi connectivity index (χ1n) is 7.34. The van der Waals surface area contributed by atoms with Gasteiger partial charge in [-0.2, -0.15) is 0 Å². The molecule has 0 amide bonds. The lowest BCUT2D eigenvalue weighted by molar-refractivity contribution is -0.161. The Morgan fingerprint density at radius 2 is 2.09 bits per heavy atom. The predicted molar refractivity (Wildman–Crippen MR) is 82.5 cm³/mol. The van der Waals surface area contributed by atoms with Gasteiger partial charge in [0.25, 0.3) is 0 Å². The Balaban J connectivity index is 1.85. The lowest BCUT2D eigenvalue weighted by Crippen LogP contribution is -2.33. The van der Waals surface area contributed by atoms with Gasteiger partial charge in [0.2, 0.25) is 6.10 Å². The van der Waals surface area contributed by atoms with Crippen molar-refractivity contribution in [3.63, 3.8) is 0 Å². The van der Waals surface area contributed by atoms with Crippen molar-refractivity contribution in [3.8, 4) is 0 Å². The summed E-state index contributed by atoms with van der Waals surface area (Å²) in [7, 11) is 0. The van der Waals surface area contributed by atoms with Crippen LogP contribution < -0.4 is 0 Å². The van der Waals surface area contributed by atoms with E-state index < -0.39 is 18.0 Å². The molecule has 1 saturated heterocycles. The van der Waals surface area contributed by atoms with E-state index in [0.29, 0.717) is 24.5 Å². The van der Waals surface area contributed by atoms with Crippen molar-refractivity contribution in [2.75, 3.05) is 13.1 Å². The monoisotopic (exact) mass is 325 g/mol. The molecule has 0 unspecified atom stereocenters. The van der Waals surface area contributed by atoms with Gasteiger partial charge in [-0.25, -0.2) is 4.79 Å². The number of rotatable bonds is 6. The molecule has 1 aliphatic rings. The van der Waals surface area contributed by atoms with Crippen LogP contribution in [0.5, 0.6) is 0 Å². The zero-order valence-electron chi connectivity index (χ0n) is 12.8. The van der Waals surface area contributed by atoms with Crippen LogP contribution in [-0.4, -0.2) is 42.1 Å². The number of hydrogen-bond donors (Lipinski definition) is 0. The van der Waals surface area contributed by atoms with E-state index >= 15 is 0 Å². The summed E-state index contributed by atoms with van der Waals surface area (Å²) in [6, 6.07) is 7.48. The van der Waals surface area contributed by atoms with Crippen LogP contribution in [0.1, 0.15) is 25.8 Å². The molecular weight excluding hydrogens is 306 g/mol. The Morgan fingerprint density at radius 1 is 1.41 bits per heavy atom. The Kier molecular flexibility index (Phi) is 5.80. The Hall–Kier alpha value is -1.59. The van der Waals surface area contributed by atoms with Crippen LogP contribution in [0, 0.1) is 0 Å². The standard InChI is InChI=1S/C16H20ClNO4/c1-3-18(9-12-4-6-13(17)7-5-12)10-15(19)22-14-8-11(2)21-16(14)20/h4-7,11,14H,3,8-10H2,1-2H3/t11-,14+/m1/s1. The molecule has 1 heterocycles. The van der Waals surface area contributed by atoms with E-state index in [1.165, 1.54) is 0 Å². The molecule has 22 heavy (non-hydrogen) atoms. The first-order valence-corrected chi connectivity index (χ1v) is 7.72. The molecule has 120 valence electrons. The lowest BCUT2D eigenvalue weighted by atomic mass is 10.2. The maximum atomic E-state index is 12.0. The normalized spacial score (nSPS) is 21.0. The summed E-state index contributed by atoms with van der Waals surface area (Å²) in [4.78, 5) is 25.4. The van der Waals surface area contributed by atoms with E-state index in [1.807, 2.05) is 36.1 Å². The van der Waals surface area contributed by atoms with Gasteiger partial charge in [-0.3, -0.25) is 9.69 Å². The van der Waals surface area contributed by atoms with E-state index in [-0.39, 0.29) is 12.6 Å². The summed E-state index contributed by atoms with van der Waals surface area (Å²) in [5.74, 6) is -0.867.